The Morgan fingerprint density at radius 1 is 1.18 bits per heavy atom. The first-order valence-electron chi connectivity index (χ1n) is 8.40. The summed E-state index contributed by atoms with van der Waals surface area (Å²) in [6.07, 6.45) is 1.45. The lowest BCUT2D eigenvalue weighted by Gasteiger charge is -2.10. The Labute approximate surface area is 183 Å². The van der Waals surface area contributed by atoms with Gasteiger partial charge in [0.2, 0.25) is 0 Å². The predicted molar refractivity (Wildman–Crippen MR) is 117 cm³/mol. The lowest BCUT2D eigenvalue weighted by atomic mass is 10.2. The molecule has 0 atom stereocenters. The van der Waals surface area contributed by atoms with E-state index >= 15 is 0 Å². The molecular formula is C19H19BrCl2N2O3S. The number of aryl methyl sites for hydroxylation is 1. The van der Waals surface area contributed by atoms with Crippen LogP contribution >= 0.6 is 39.1 Å². The second kappa shape index (κ2) is 8.24. The van der Waals surface area contributed by atoms with Crippen molar-refractivity contribution < 1.29 is 13.2 Å². The minimum atomic E-state index is -3.92. The van der Waals surface area contributed by atoms with Gasteiger partial charge in [-0.25, -0.2) is 12.4 Å². The number of rotatable bonds is 6. The first-order valence-corrected chi connectivity index (χ1v) is 11.4. The number of hydrogen-bond acceptors (Lipinski definition) is 4. The first kappa shape index (κ1) is 21.5. The highest BCUT2D eigenvalue weighted by atomic mass is 79.9. The van der Waals surface area contributed by atoms with E-state index in [1.54, 1.807) is 24.3 Å². The van der Waals surface area contributed by atoms with E-state index in [1.165, 1.54) is 12.3 Å². The summed E-state index contributed by atoms with van der Waals surface area (Å²) in [7, 11) is -0.0564. The zero-order valence-electron chi connectivity index (χ0n) is 15.5. The summed E-state index contributed by atoms with van der Waals surface area (Å²) in [4.78, 5) is 2.11. The average Bonchev–Trinajstić information content (AvgIpc) is 2.94. The maximum atomic E-state index is 13.4. The molecule has 150 valence electrons. The third-order valence-electron chi connectivity index (χ3n) is 4.17. The summed E-state index contributed by atoms with van der Waals surface area (Å²) in [6, 6.07) is 8.24. The maximum absolute atomic E-state index is 13.4. The Morgan fingerprint density at radius 2 is 1.89 bits per heavy atom. The van der Waals surface area contributed by atoms with E-state index in [0.717, 1.165) is 9.54 Å². The van der Waals surface area contributed by atoms with Crippen LogP contribution in [0, 0.1) is 6.92 Å². The van der Waals surface area contributed by atoms with Gasteiger partial charge in [0.1, 0.15) is 17.3 Å². The van der Waals surface area contributed by atoms with E-state index < -0.39 is 10.0 Å². The molecule has 0 fully saturated rings. The number of likely N-dealkylation sites (N-methyl/N-ethyl adjacent to an activating group) is 1. The van der Waals surface area contributed by atoms with E-state index in [1.807, 2.05) is 25.9 Å². The smallest absolute Gasteiger partial charge is 0.269 e. The summed E-state index contributed by atoms with van der Waals surface area (Å²) in [6.45, 7) is 2.96. The zero-order chi connectivity index (χ0) is 20.6. The molecule has 0 spiro atoms. The van der Waals surface area contributed by atoms with Crippen LogP contribution < -0.4 is 4.74 Å². The van der Waals surface area contributed by atoms with Crippen LogP contribution in [0.5, 0.6) is 5.75 Å². The van der Waals surface area contributed by atoms with Gasteiger partial charge in [-0.05, 0) is 66.8 Å². The summed E-state index contributed by atoms with van der Waals surface area (Å²) in [5.41, 5.74) is 1.28. The van der Waals surface area contributed by atoms with Crippen LogP contribution in [-0.2, 0) is 10.0 Å². The summed E-state index contributed by atoms with van der Waals surface area (Å²) in [5.74, 6) is 0.410. The lowest BCUT2D eigenvalue weighted by Crippen LogP contribution is -2.19. The van der Waals surface area contributed by atoms with Gasteiger partial charge in [-0.3, -0.25) is 0 Å². The van der Waals surface area contributed by atoms with E-state index in [9.17, 15) is 8.42 Å². The molecule has 3 aromatic rings. The minimum Gasteiger partial charge on any atom is -0.490 e. The second-order valence-electron chi connectivity index (χ2n) is 6.66. The van der Waals surface area contributed by atoms with Crippen molar-refractivity contribution >= 4 is 60.1 Å². The topological polar surface area (TPSA) is 51.5 Å². The average molecular weight is 506 g/mol. The monoisotopic (exact) mass is 504 g/mol. The Balaban J connectivity index is 2.20. The Kier molecular flexibility index (Phi) is 6.32. The van der Waals surface area contributed by atoms with Crippen molar-refractivity contribution in [3.8, 4) is 5.75 Å². The molecule has 0 radical (unpaired) electrons. The Bertz CT molecular complexity index is 1140. The largest absolute Gasteiger partial charge is 0.490 e. The molecule has 0 N–H and O–H groups in total. The van der Waals surface area contributed by atoms with Crippen molar-refractivity contribution in [3.63, 3.8) is 0 Å². The summed E-state index contributed by atoms with van der Waals surface area (Å²) < 4.78 is 34.3. The molecule has 28 heavy (non-hydrogen) atoms. The van der Waals surface area contributed by atoms with Crippen LogP contribution in [0.4, 0.5) is 0 Å². The van der Waals surface area contributed by atoms with E-state index in [0.29, 0.717) is 39.3 Å². The molecular weight excluding hydrogens is 487 g/mol. The predicted octanol–water partition coefficient (Wildman–Crippen LogP) is 5.20. The van der Waals surface area contributed by atoms with Crippen molar-refractivity contribution in [2.45, 2.75) is 11.8 Å². The highest BCUT2D eigenvalue weighted by molar-refractivity contribution is 9.10. The lowest BCUT2D eigenvalue weighted by molar-refractivity contribution is 0.263. The second-order valence-corrected chi connectivity index (χ2v) is 10.1. The fraction of sp³-hybridized carbons (Fsp3) is 0.263. The van der Waals surface area contributed by atoms with Gasteiger partial charge in [0.15, 0.2) is 0 Å². The van der Waals surface area contributed by atoms with Gasteiger partial charge >= 0.3 is 0 Å². The van der Waals surface area contributed by atoms with Gasteiger partial charge in [-0.15, -0.1) is 0 Å². The third kappa shape index (κ3) is 4.19. The molecule has 0 bridgehead atoms. The van der Waals surface area contributed by atoms with E-state index in [4.69, 9.17) is 27.9 Å². The van der Waals surface area contributed by atoms with Gasteiger partial charge < -0.3 is 9.64 Å². The fourth-order valence-electron chi connectivity index (χ4n) is 2.78. The van der Waals surface area contributed by atoms with Crippen molar-refractivity contribution in [1.29, 1.82) is 0 Å². The molecule has 3 rings (SSSR count). The minimum absolute atomic E-state index is 0.140. The quantitative estimate of drug-likeness (QED) is 0.462. The molecule has 0 aliphatic heterocycles. The van der Waals surface area contributed by atoms with Crippen molar-refractivity contribution in [1.82, 2.24) is 8.87 Å². The maximum Gasteiger partial charge on any atom is 0.269 e. The van der Waals surface area contributed by atoms with E-state index in [-0.39, 0.29) is 9.92 Å². The number of ether oxygens (including phenoxy) is 1. The summed E-state index contributed by atoms with van der Waals surface area (Å²) in [5, 5.41) is 1.18. The van der Waals surface area contributed by atoms with Crippen LogP contribution in [0.1, 0.15) is 5.56 Å². The fourth-order valence-corrected chi connectivity index (χ4v) is 5.95. The first-order chi connectivity index (χ1) is 13.1. The van der Waals surface area contributed by atoms with Gasteiger partial charge in [0.25, 0.3) is 10.0 Å². The molecule has 0 saturated heterocycles. The van der Waals surface area contributed by atoms with Crippen LogP contribution in [0.25, 0.3) is 10.9 Å². The molecule has 1 aromatic heterocycles. The molecule has 0 aliphatic rings. The molecule has 0 aliphatic carbocycles. The van der Waals surface area contributed by atoms with Gasteiger partial charge in [-0.1, -0.05) is 29.3 Å². The molecule has 0 unspecified atom stereocenters. The van der Waals surface area contributed by atoms with Gasteiger partial charge in [-0.2, -0.15) is 0 Å². The molecule has 5 nitrogen and oxygen atoms in total. The number of aromatic nitrogens is 1. The highest BCUT2D eigenvalue weighted by Crippen LogP contribution is 2.38. The molecule has 9 heteroatoms. The molecule has 0 saturated carbocycles. The number of nitrogens with zero attached hydrogens (tertiary/aromatic N) is 2. The van der Waals surface area contributed by atoms with Crippen molar-refractivity contribution in [2.75, 3.05) is 27.2 Å². The van der Waals surface area contributed by atoms with Gasteiger partial charge in [0.05, 0.1) is 16.7 Å². The SMILES string of the molecule is Cc1ccc(S(=O)(=O)n2cc(OCCN(C)C)c3cc(Cl)cc(Cl)c32)c(Br)c1. The molecule has 1 heterocycles. The number of halogens is 3. The number of benzene rings is 2. The van der Waals surface area contributed by atoms with Crippen molar-refractivity contribution in [2.24, 2.45) is 0 Å². The van der Waals surface area contributed by atoms with Crippen LogP contribution in [0.2, 0.25) is 10.0 Å². The third-order valence-corrected chi connectivity index (χ3v) is 7.31. The van der Waals surface area contributed by atoms with Crippen molar-refractivity contribution in [3.05, 3.63) is 56.6 Å². The number of hydrogen-bond donors (Lipinski definition) is 0. The molecule has 0 amide bonds. The van der Waals surface area contributed by atoms with Crippen LogP contribution in [0.15, 0.2) is 45.9 Å². The number of fused-ring (bicyclic) bond motifs is 1. The van der Waals surface area contributed by atoms with Crippen LogP contribution in [0.3, 0.4) is 0 Å². The zero-order valence-corrected chi connectivity index (χ0v) is 19.5. The van der Waals surface area contributed by atoms with E-state index in [2.05, 4.69) is 15.9 Å². The Hall–Kier alpha value is -1.25. The van der Waals surface area contributed by atoms with Gasteiger partial charge in [0, 0.05) is 21.4 Å². The summed E-state index contributed by atoms with van der Waals surface area (Å²) >= 11 is 15.9. The normalized spacial score (nSPS) is 12.1. The molecule has 2 aromatic carbocycles. The van der Waals surface area contributed by atoms with Crippen LogP contribution in [-0.4, -0.2) is 44.5 Å². The highest BCUT2D eigenvalue weighted by Gasteiger charge is 2.26. The standard InChI is InChI=1S/C19H19BrCl2N2O3S/c1-12-4-5-18(15(20)8-12)28(25,26)24-11-17(27-7-6-23(2)3)14-9-13(21)10-16(22)19(14)24/h4-5,8-11H,6-7H2,1-3H3. The Morgan fingerprint density at radius 3 is 2.54 bits per heavy atom.